The topological polar surface area (TPSA) is 99.4 Å². The van der Waals surface area contributed by atoms with Gasteiger partial charge >= 0.3 is 5.97 Å². The van der Waals surface area contributed by atoms with E-state index in [1.165, 1.54) is 0 Å². The van der Waals surface area contributed by atoms with Crippen LogP contribution in [0.15, 0.2) is 30.3 Å². The molecule has 1 atom stereocenters. The molecule has 1 heterocycles. The molecule has 1 fully saturated rings. The highest BCUT2D eigenvalue weighted by molar-refractivity contribution is 5.89. The quantitative estimate of drug-likeness (QED) is 0.849. The lowest BCUT2D eigenvalue weighted by Gasteiger charge is -2.30. The number of ether oxygens (including phenoxy) is 1. The molecule has 116 valence electrons. The van der Waals surface area contributed by atoms with E-state index in [9.17, 15) is 20.0 Å². The summed E-state index contributed by atoms with van der Waals surface area (Å²) in [5.74, 6) is -1.64. The number of amides is 1. The van der Waals surface area contributed by atoms with Gasteiger partial charge in [-0.05, 0) is 18.4 Å². The lowest BCUT2D eigenvalue weighted by Crippen LogP contribution is -2.50. The summed E-state index contributed by atoms with van der Waals surface area (Å²) in [6.45, 7) is 0.662. The van der Waals surface area contributed by atoms with E-state index in [1.54, 1.807) is 12.1 Å². The van der Waals surface area contributed by atoms with Crippen molar-refractivity contribution in [3.63, 3.8) is 0 Å². The van der Waals surface area contributed by atoms with E-state index in [0.29, 0.717) is 13.2 Å². The van der Waals surface area contributed by atoms with Gasteiger partial charge in [-0.1, -0.05) is 30.3 Å². The van der Waals surface area contributed by atoms with E-state index in [1.807, 2.05) is 24.3 Å². The molecule has 0 aliphatic carbocycles. The van der Waals surface area contributed by atoms with Crippen molar-refractivity contribution in [2.45, 2.75) is 25.3 Å². The second-order valence-electron chi connectivity index (χ2n) is 5.36. The number of hydrogen-bond donors (Lipinski definition) is 2. The molecule has 0 saturated carbocycles. The Labute approximate surface area is 128 Å². The number of carboxylic acid groups (broad SMARTS) is 1. The summed E-state index contributed by atoms with van der Waals surface area (Å²) in [4.78, 5) is 23.8. The van der Waals surface area contributed by atoms with Gasteiger partial charge in [-0.15, -0.1) is 0 Å². The molecule has 2 rings (SSSR count). The summed E-state index contributed by atoms with van der Waals surface area (Å²) in [6, 6.07) is 10.1. The van der Waals surface area contributed by atoms with Crippen LogP contribution in [0.3, 0.4) is 0 Å². The maximum Gasteiger partial charge on any atom is 0.326 e. The van der Waals surface area contributed by atoms with Crippen LogP contribution in [0.25, 0.3) is 0 Å². The molecule has 1 aromatic carbocycles. The van der Waals surface area contributed by atoms with Crippen LogP contribution in [0.2, 0.25) is 0 Å². The molecule has 0 aromatic heterocycles. The summed E-state index contributed by atoms with van der Waals surface area (Å²) in [7, 11) is 0. The lowest BCUT2D eigenvalue weighted by atomic mass is 9.80. The molecule has 1 aliphatic rings. The number of benzene rings is 1. The fourth-order valence-electron chi connectivity index (χ4n) is 2.46. The second-order valence-corrected chi connectivity index (χ2v) is 5.36. The number of carbonyl (C=O) groups excluding carboxylic acids is 1. The zero-order valence-electron chi connectivity index (χ0n) is 12.1. The van der Waals surface area contributed by atoms with Gasteiger partial charge in [0.05, 0.1) is 6.07 Å². The van der Waals surface area contributed by atoms with Gasteiger partial charge in [0.15, 0.2) is 0 Å². The van der Waals surface area contributed by atoms with Crippen LogP contribution in [-0.2, 0) is 20.7 Å². The van der Waals surface area contributed by atoms with Gasteiger partial charge in [-0.3, -0.25) is 4.79 Å². The molecule has 0 spiro atoms. The van der Waals surface area contributed by atoms with Crippen molar-refractivity contribution in [1.29, 1.82) is 5.26 Å². The van der Waals surface area contributed by atoms with E-state index >= 15 is 0 Å². The number of nitriles is 1. The van der Waals surface area contributed by atoms with E-state index < -0.39 is 23.3 Å². The fraction of sp³-hybridized carbons (Fsp3) is 0.438. The van der Waals surface area contributed by atoms with Crippen molar-refractivity contribution < 1.29 is 19.4 Å². The van der Waals surface area contributed by atoms with Crippen molar-refractivity contribution >= 4 is 11.9 Å². The Kier molecular flexibility index (Phi) is 5.12. The van der Waals surface area contributed by atoms with Crippen LogP contribution in [0.4, 0.5) is 0 Å². The second kappa shape index (κ2) is 7.05. The molecule has 22 heavy (non-hydrogen) atoms. The number of carboxylic acids is 1. The largest absolute Gasteiger partial charge is 0.480 e. The Morgan fingerprint density at radius 1 is 1.32 bits per heavy atom. The number of rotatable bonds is 5. The molecule has 6 nitrogen and oxygen atoms in total. The van der Waals surface area contributed by atoms with Crippen LogP contribution in [0.5, 0.6) is 0 Å². The molecular formula is C16H18N2O4. The molecule has 1 aliphatic heterocycles. The molecule has 0 radical (unpaired) electrons. The van der Waals surface area contributed by atoms with Crippen molar-refractivity contribution in [3.05, 3.63) is 35.9 Å². The monoisotopic (exact) mass is 302 g/mol. The standard InChI is InChI=1S/C16H18N2O4/c17-11-16(6-8-22-9-7-16)15(21)18-13(14(19)20)10-12-4-2-1-3-5-12/h1-5,13H,6-10H2,(H,18,21)(H,19,20). The number of hydrogen-bond acceptors (Lipinski definition) is 4. The zero-order chi connectivity index (χ0) is 16.0. The minimum absolute atomic E-state index is 0.180. The molecule has 1 amide bonds. The Morgan fingerprint density at radius 3 is 2.50 bits per heavy atom. The Hall–Kier alpha value is -2.39. The average Bonchev–Trinajstić information content (AvgIpc) is 2.55. The lowest BCUT2D eigenvalue weighted by molar-refractivity contribution is -0.144. The summed E-state index contributed by atoms with van der Waals surface area (Å²) in [6.07, 6.45) is 0.750. The summed E-state index contributed by atoms with van der Waals surface area (Å²) in [5, 5.41) is 21.2. The summed E-state index contributed by atoms with van der Waals surface area (Å²) in [5.41, 5.74) is -0.379. The summed E-state index contributed by atoms with van der Waals surface area (Å²) >= 11 is 0. The predicted molar refractivity (Wildman–Crippen MR) is 77.8 cm³/mol. The van der Waals surface area contributed by atoms with Gasteiger partial charge in [0, 0.05) is 19.6 Å². The van der Waals surface area contributed by atoms with Gasteiger partial charge in [-0.2, -0.15) is 5.26 Å². The SMILES string of the molecule is N#CC1(C(=O)NC(Cc2ccccc2)C(=O)O)CCOCC1. The number of carbonyl (C=O) groups is 2. The minimum atomic E-state index is -1.19. The molecule has 1 aromatic rings. The Morgan fingerprint density at radius 2 is 1.95 bits per heavy atom. The van der Waals surface area contributed by atoms with Crippen LogP contribution in [0.1, 0.15) is 18.4 Å². The van der Waals surface area contributed by atoms with E-state index in [2.05, 4.69) is 5.32 Å². The van der Waals surface area contributed by atoms with E-state index in [4.69, 9.17) is 4.74 Å². The first-order valence-electron chi connectivity index (χ1n) is 7.14. The van der Waals surface area contributed by atoms with Crippen molar-refractivity contribution in [2.24, 2.45) is 5.41 Å². The Balaban J connectivity index is 2.09. The van der Waals surface area contributed by atoms with Crippen LogP contribution in [0, 0.1) is 16.7 Å². The Bertz CT molecular complexity index is 574. The van der Waals surface area contributed by atoms with E-state index in [0.717, 1.165) is 5.56 Å². The molecule has 2 N–H and O–H groups in total. The molecule has 1 unspecified atom stereocenters. The molecule has 6 heteroatoms. The first-order chi connectivity index (χ1) is 10.6. The van der Waals surface area contributed by atoms with Gasteiger partial charge < -0.3 is 15.2 Å². The third-order valence-electron chi connectivity index (χ3n) is 3.88. The molecule has 0 bridgehead atoms. The third-order valence-corrected chi connectivity index (χ3v) is 3.88. The average molecular weight is 302 g/mol. The van der Waals surface area contributed by atoms with Crippen molar-refractivity contribution in [3.8, 4) is 6.07 Å². The maximum absolute atomic E-state index is 12.4. The summed E-state index contributed by atoms with van der Waals surface area (Å²) < 4.78 is 5.18. The third kappa shape index (κ3) is 3.62. The van der Waals surface area contributed by atoms with Crippen molar-refractivity contribution in [2.75, 3.05) is 13.2 Å². The van der Waals surface area contributed by atoms with Crippen LogP contribution < -0.4 is 5.32 Å². The van der Waals surface area contributed by atoms with Gasteiger partial charge in [0.2, 0.25) is 5.91 Å². The van der Waals surface area contributed by atoms with Gasteiger partial charge in [-0.25, -0.2) is 4.79 Å². The maximum atomic E-state index is 12.4. The molecular weight excluding hydrogens is 284 g/mol. The van der Waals surface area contributed by atoms with E-state index in [-0.39, 0.29) is 19.3 Å². The van der Waals surface area contributed by atoms with Gasteiger partial charge in [0.25, 0.3) is 0 Å². The predicted octanol–water partition coefficient (Wildman–Crippen LogP) is 1.12. The number of nitrogens with one attached hydrogen (secondary N) is 1. The number of aliphatic carboxylic acids is 1. The first kappa shape index (κ1) is 16.0. The highest BCUT2D eigenvalue weighted by Gasteiger charge is 2.41. The molecule has 1 saturated heterocycles. The zero-order valence-corrected chi connectivity index (χ0v) is 12.1. The van der Waals surface area contributed by atoms with Gasteiger partial charge in [0.1, 0.15) is 11.5 Å². The highest BCUT2D eigenvalue weighted by Crippen LogP contribution is 2.30. The smallest absolute Gasteiger partial charge is 0.326 e. The normalized spacial score (nSPS) is 18.0. The van der Waals surface area contributed by atoms with Crippen molar-refractivity contribution in [1.82, 2.24) is 5.32 Å². The van der Waals surface area contributed by atoms with Crippen LogP contribution >= 0.6 is 0 Å². The number of nitrogens with zero attached hydrogens (tertiary/aromatic N) is 1. The van der Waals surface area contributed by atoms with Crippen LogP contribution in [-0.4, -0.2) is 36.2 Å². The highest BCUT2D eigenvalue weighted by atomic mass is 16.5. The first-order valence-corrected chi connectivity index (χ1v) is 7.14. The fourth-order valence-corrected chi connectivity index (χ4v) is 2.46. The minimum Gasteiger partial charge on any atom is -0.480 e.